The number of carbonyl (C=O) groups is 1. The molecular formula is C14H28N2O2. The van der Waals surface area contributed by atoms with E-state index in [-0.39, 0.29) is 12.0 Å². The van der Waals surface area contributed by atoms with Gasteiger partial charge >= 0.3 is 0 Å². The first-order valence-corrected chi connectivity index (χ1v) is 7.15. The van der Waals surface area contributed by atoms with E-state index in [4.69, 9.17) is 10.5 Å². The highest BCUT2D eigenvalue weighted by atomic mass is 16.5. The zero-order valence-electron chi connectivity index (χ0n) is 12.0. The van der Waals surface area contributed by atoms with Crippen LogP contribution in [0.5, 0.6) is 0 Å². The lowest BCUT2D eigenvalue weighted by Crippen LogP contribution is -2.41. The van der Waals surface area contributed by atoms with Crippen molar-refractivity contribution in [3.63, 3.8) is 0 Å². The Hall–Kier alpha value is -0.610. The molecule has 2 N–H and O–H groups in total. The molecule has 106 valence electrons. The molecule has 1 unspecified atom stereocenters. The summed E-state index contributed by atoms with van der Waals surface area (Å²) >= 11 is 0. The van der Waals surface area contributed by atoms with Gasteiger partial charge in [0.15, 0.2) is 0 Å². The number of nitrogens with two attached hydrogens (primary N) is 1. The predicted octanol–water partition coefficient (Wildman–Crippen LogP) is 1.78. The average molecular weight is 256 g/mol. The monoisotopic (exact) mass is 256 g/mol. The minimum Gasteiger partial charge on any atom is -0.377 e. The second-order valence-corrected chi connectivity index (χ2v) is 5.44. The van der Waals surface area contributed by atoms with Crippen molar-refractivity contribution in [2.24, 2.45) is 11.7 Å². The minimum absolute atomic E-state index is 0.132. The van der Waals surface area contributed by atoms with E-state index in [2.05, 4.69) is 6.92 Å². The first kappa shape index (κ1) is 15.4. The Bertz CT molecular complexity index is 250. The van der Waals surface area contributed by atoms with Crippen LogP contribution in [0.3, 0.4) is 0 Å². The molecule has 0 aromatic rings. The molecule has 1 amide bonds. The second kappa shape index (κ2) is 7.74. The van der Waals surface area contributed by atoms with Crippen LogP contribution in [0.2, 0.25) is 0 Å². The Balaban J connectivity index is 2.40. The van der Waals surface area contributed by atoms with Crippen LogP contribution < -0.4 is 5.73 Å². The topological polar surface area (TPSA) is 55.6 Å². The molecule has 1 fully saturated rings. The number of hydrogen-bond donors (Lipinski definition) is 1. The summed E-state index contributed by atoms with van der Waals surface area (Å²) in [6.45, 7) is 5.24. The van der Waals surface area contributed by atoms with E-state index in [1.807, 2.05) is 18.9 Å². The van der Waals surface area contributed by atoms with Crippen molar-refractivity contribution >= 4 is 5.91 Å². The average Bonchev–Trinajstić information content (AvgIpc) is 2.38. The molecule has 1 atom stereocenters. The lowest BCUT2D eigenvalue weighted by atomic mass is 9.86. The molecule has 0 heterocycles. The summed E-state index contributed by atoms with van der Waals surface area (Å²) in [7, 11) is 1.92. The maximum absolute atomic E-state index is 12.2. The zero-order valence-corrected chi connectivity index (χ0v) is 12.0. The maximum Gasteiger partial charge on any atom is 0.225 e. The SMILES string of the molecule is CCOC(CN)CC(=O)N(C)C1CCC(C)CC1. The van der Waals surface area contributed by atoms with E-state index in [9.17, 15) is 4.79 Å². The molecule has 0 bridgehead atoms. The highest BCUT2D eigenvalue weighted by molar-refractivity contribution is 5.76. The van der Waals surface area contributed by atoms with Gasteiger partial charge in [-0.3, -0.25) is 4.79 Å². The lowest BCUT2D eigenvalue weighted by molar-refractivity contribution is -0.135. The number of carbonyl (C=O) groups excluding carboxylic acids is 1. The van der Waals surface area contributed by atoms with Gasteiger partial charge in [-0.05, 0) is 38.5 Å². The summed E-state index contributed by atoms with van der Waals surface area (Å²) < 4.78 is 5.44. The normalized spacial score (nSPS) is 25.8. The third-order valence-electron chi connectivity index (χ3n) is 3.99. The second-order valence-electron chi connectivity index (χ2n) is 5.44. The van der Waals surface area contributed by atoms with Crippen molar-refractivity contribution in [3.8, 4) is 0 Å². The highest BCUT2D eigenvalue weighted by Crippen LogP contribution is 2.26. The molecule has 4 nitrogen and oxygen atoms in total. The van der Waals surface area contributed by atoms with Gasteiger partial charge in [0, 0.05) is 26.2 Å². The number of ether oxygens (including phenoxy) is 1. The largest absolute Gasteiger partial charge is 0.377 e. The van der Waals surface area contributed by atoms with Gasteiger partial charge in [0.2, 0.25) is 5.91 Å². The van der Waals surface area contributed by atoms with Crippen LogP contribution in [0.4, 0.5) is 0 Å². The summed E-state index contributed by atoms with van der Waals surface area (Å²) in [4.78, 5) is 14.1. The summed E-state index contributed by atoms with van der Waals surface area (Å²) in [5.41, 5.74) is 5.61. The van der Waals surface area contributed by atoms with Crippen molar-refractivity contribution in [1.29, 1.82) is 0 Å². The predicted molar refractivity (Wildman–Crippen MR) is 73.3 cm³/mol. The third-order valence-corrected chi connectivity index (χ3v) is 3.99. The van der Waals surface area contributed by atoms with Crippen LogP contribution >= 0.6 is 0 Å². The van der Waals surface area contributed by atoms with E-state index in [1.165, 1.54) is 12.8 Å². The molecular weight excluding hydrogens is 228 g/mol. The molecule has 0 aromatic carbocycles. The van der Waals surface area contributed by atoms with Gasteiger partial charge in [0.05, 0.1) is 12.5 Å². The fourth-order valence-electron chi connectivity index (χ4n) is 2.62. The molecule has 1 saturated carbocycles. The van der Waals surface area contributed by atoms with E-state index in [0.717, 1.165) is 18.8 Å². The van der Waals surface area contributed by atoms with Crippen LogP contribution in [0.15, 0.2) is 0 Å². The summed E-state index contributed by atoms with van der Waals surface area (Å²) in [5.74, 6) is 0.975. The lowest BCUT2D eigenvalue weighted by Gasteiger charge is -2.34. The van der Waals surface area contributed by atoms with Gasteiger partial charge in [-0.1, -0.05) is 6.92 Å². The quantitative estimate of drug-likeness (QED) is 0.788. The van der Waals surface area contributed by atoms with Crippen molar-refractivity contribution in [3.05, 3.63) is 0 Å². The molecule has 0 aliphatic heterocycles. The Morgan fingerprint density at radius 2 is 2.00 bits per heavy atom. The first-order valence-electron chi connectivity index (χ1n) is 7.15. The summed E-state index contributed by atoms with van der Waals surface area (Å²) in [5, 5.41) is 0. The highest BCUT2D eigenvalue weighted by Gasteiger charge is 2.26. The van der Waals surface area contributed by atoms with Gasteiger partial charge in [-0.15, -0.1) is 0 Å². The number of hydrogen-bond acceptors (Lipinski definition) is 3. The van der Waals surface area contributed by atoms with Gasteiger partial charge in [0.25, 0.3) is 0 Å². The Morgan fingerprint density at radius 1 is 1.39 bits per heavy atom. The van der Waals surface area contributed by atoms with Crippen molar-refractivity contribution < 1.29 is 9.53 Å². The Morgan fingerprint density at radius 3 is 2.50 bits per heavy atom. The number of nitrogens with zero attached hydrogens (tertiary/aromatic N) is 1. The van der Waals surface area contributed by atoms with Crippen LogP contribution in [-0.2, 0) is 9.53 Å². The van der Waals surface area contributed by atoms with Gasteiger partial charge < -0.3 is 15.4 Å². The van der Waals surface area contributed by atoms with Crippen molar-refractivity contribution in [1.82, 2.24) is 4.90 Å². The fraction of sp³-hybridized carbons (Fsp3) is 0.929. The van der Waals surface area contributed by atoms with Crippen LogP contribution in [0.25, 0.3) is 0 Å². The van der Waals surface area contributed by atoms with Crippen molar-refractivity contribution in [2.75, 3.05) is 20.2 Å². The summed E-state index contributed by atoms with van der Waals surface area (Å²) in [6, 6.07) is 0.411. The smallest absolute Gasteiger partial charge is 0.225 e. The molecule has 1 rings (SSSR count). The van der Waals surface area contributed by atoms with Gasteiger partial charge in [-0.25, -0.2) is 0 Å². The van der Waals surface area contributed by atoms with Crippen LogP contribution in [0, 0.1) is 5.92 Å². The molecule has 18 heavy (non-hydrogen) atoms. The first-order chi connectivity index (χ1) is 8.58. The van der Waals surface area contributed by atoms with Gasteiger partial charge in [0.1, 0.15) is 0 Å². The van der Waals surface area contributed by atoms with E-state index >= 15 is 0 Å². The molecule has 0 spiro atoms. The van der Waals surface area contributed by atoms with E-state index in [0.29, 0.717) is 25.6 Å². The summed E-state index contributed by atoms with van der Waals surface area (Å²) in [6.07, 6.45) is 5.00. The third kappa shape index (κ3) is 4.58. The minimum atomic E-state index is -0.132. The fourth-order valence-corrected chi connectivity index (χ4v) is 2.62. The molecule has 0 saturated heterocycles. The van der Waals surface area contributed by atoms with Crippen LogP contribution in [0.1, 0.15) is 46.0 Å². The maximum atomic E-state index is 12.2. The number of rotatable bonds is 6. The zero-order chi connectivity index (χ0) is 13.5. The van der Waals surface area contributed by atoms with Gasteiger partial charge in [-0.2, -0.15) is 0 Å². The van der Waals surface area contributed by atoms with E-state index in [1.54, 1.807) is 0 Å². The van der Waals surface area contributed by atoms with E-state index < -0.39 is 0 Å². The van der Waals surface area contributed by atoms with Crippen LogP contribution in [-0.4, -0.2) is 43.2 Å². The molecule has 0 aromatic heterocycles. The molecule has 0 radical (unpaired) electrons. The standard InChI is InChI=1S/C14H28N2O2/c1-4-18-13(10-15)9-14(17)16(3)12-7-5-11(2)6-8-12/h11-13H,4-10,15H2,1-3H3. The number of amides is 1. The van der Waals surface area contributed by atoms with Crippen molar-refractivity contribution in [2.45, 2.75) is 58.1 Å². The molecule has 4 heteroatoms. The Labute approximate surface area is 111 Å². The molecule has 1 aliphatic carbocycles. The molecule has 1 aliphatic rings. The Kier molecular flexibility index (Phi) is 6.65.